The SMILES string of the molecule is CCN(CC)CC(=O)N1CCN(c2nn3c(=O)ccnc3s2)CC1. The fourth-order valence-electron chi connectivity index (χ4n) is 2.75. The molecule has 3 heterocycles. The Hall–Kier alpha value is -2.00. The van der Waals surface area contributed by atoms with Crippen LogP contribution in [0.15, 0.2) is 17.1 Å². The predicted octanol–water partition coefficient (Wildman–Crippen LogP) is 0.141. The van der Waals surface area contributed by atoms with Crippen molar-refractivity contribution in [1.82, 2.24) is 24.4 Å². The second-order valence-electron chi connectivity index (χ2n) is 5.69. The number of piperazine rings is 1. The van der Waals surface area contributed by atoms with Crippen molar-refractivity contribution >= 4 is 27.3 Å². The van der Waals surface area contributed by atoms with Crippen molar-refractivity contribution in [1.29, 1.82) is 0 Å². The highest BCUT2D eigenvalue weighted by molar-refractivity contribution is 7.20. The third-order valence-corrected chi connectivity index (χ3v) is 5.30. The zero-order valence-corrected chi connectivity index (χ0v) is 14.8. The number of aromatic nitrogens is 3. The Morgan fingerprint density at radius 2 is 1.96 bits per heavy atom. The molecule has 1 aliphatic heterocycles. The Kier molecular flexibility index (Phi) is 5.10. The minimum absolute atomic E-state index is 0.171. The summed E-state index contributed by atoms with van der Waals surface area (Å²) in [4.78, 5) is 35.0. The summed E-state index contributed by atoms with van der Waals surface area (Å²) in [6.07, 6.45) is 1.50. The van der Waals surface area contributed by atoms with Crippen LogP contribution in [0.5, 0.6) is 0 Å². The molecule has 1 saturated heterocycles. The number of carbonyl (C=O) groups is 1. The summed E-state index contributed by atoms with van der Waals surface area (Å²) in [7, 11) is 0. The van der Waals surface area contributed by atoms with Gasteiger partial charge < -0.3 is 9.80 Å². The zero-order valence-electron chi connectivity index (χ0n) is 14.0. The molecular formula is C15H22N6O2S. The van der Waals surface area contributed by atoms with Gasteiger partial charge in [0.1, 0.15) is 0 Å². The highest BCUT2D eigenvalue weighted by Gasteiger charge is 2.24. The van der Waals surface area contributed by atoms with Crippen molar-refractivity contribution in [3.05, 3.63) is 22.6 Å². The van der Waals surface area contributed by atoms with Crippen LogP contribution in [0.4, 0.5) is 5.13 Å². The van der Waals surface area contributed by atoms with Crippen molar-refractivity contribution in [2.75, 3.05) is 50.7 Å². The van der Waals surface area contributed by atoms with E-state index in [2.05, 4.69) is 33.7 Å². The number of likely N-dealkylation sites (N-methyl/N-ethyl adjacent to an activating group) is 1. The van der Waals surface area contributed by atoms with E-state index in [1.807, 2.05) is 4.90 Å². The zero-order chi connectivity index (χ0) is 17.1. The summed E-state index contributed by atoms with van der Waals surface area (Å²) < 4.78 is 1.33. The normalized spacial score (nSPS) is 15.5. The number of fused-ring (bicyclic) bond motifs is 1. The van der Waals surface area contributed by atoms with Crippen LogP contribution in [0, 0.1) is 0 Å². The number of hydrogen-bond donors (Lipinski definition) is 0. The van der Waals surface area contributed by atoms with Crippen molar-refractivity contribution in [2.24, 2.45) is 0 Å². The summed E-state index contributed by atoms with van der Waals surface area (Å²) in [6.45, 7) is 9.18. The maximum absolute atomic E-state index is 12.4. The van der Waals surface area contributed by atoms with Gasteiger partial charge in [-0.2, -0.15) is 4.52 Å². The molecule has 9 heteroatoms. The van der Waals surface area contributed by atoms with Crippen LogP contribution in [0.2, 0.25) is 0 Å². The van der Waals surface area contributed by atoms with E-state index < -0.39 is 0 Å². The molecule has 1 aliphatic rings. The van der Waals surface area contributed by atoms with Crippen LogP contribution >= 0.6 is 11.3 Å². The third kappa shape index (κ3) is 3.41. The molecule has 2 aromatic heterocycles. The van der Waals surface area contributed by atoms with Crippen LogP contribution in [-0.2, 0) is 4.79 Å². The second kappa shape index (κ2) is 7.27. The molecule has 0 N–H and O–H groups in total. The molecule has 1 fully saturated rings. The standard InChI is InChI=1S/C15H22N6O2S/c1-3-18(4-2)11-13(23)19-7-9-20(10-8-19)15-17-21-12(22)5-6-16-14(21)24-15/h5-6H,3-4,7-11H2,1-2H3. The quantitative estimate of drug-likeness (QED) is 0.764. The summed E-state index contributed by atoms with van der Waals surface area (Å²) in [5, 5.41) is 5.13. The van der Waals surface area contributed by atoms with Crippen LogP contribution in [0.3, 0.4) is 0 Å². The van der Waals surface area contributed by atoms with Crippen molar-refractivity contribution in [3.63, 3.8) is 0 Å². The second-order valence-corrected chi connectivity index (χ2v) is 6.63. The summed E-state index contributed by atoms with van der Waals surface area (Å²) in [6, 6.07) is 1.40. The van der Waals surface area contributed by atoms with Gasteiger partial charge in [-0.1, -0.05) is 25.2 Å². The number of anilines is 1. The Morgan fingerprint density at radius 1 is 1.25 bits per heavy atom. The Morgan fingerprint density at radius 3 is 2.58 bits per heavy atom. The minimum atomic E-state index is -0.171. The Labute approximate surface area is 144 Å². The first-order chi connectivity index (χ1) is 11.6. The van der Waals surface area contributed by atoms with Crippen LogP contribution in [-0.4, -0.2) is 76.1 Å². The fraction of sp³-hybridized carbons (Fsp3) is 0.600. The molecule has 130 valence electrons. The van der Waals surface area contributed by atoms with Gasteiger partial charge in [0, 0.05) is 38.4 Å². The van der Waals surface area contributed by atoms with Crippen molar-refractivity contribution < 1.29 is 4.79 Å². The lowest BCUT2D eigenvalue weighted by molar-refractivity contribution is -0.132. The van der Waals surface area contributed by atoms with Crippen molar-refractivity contribution in [2.45, 2.75) is 13.8 Å². The maximum Gasteiger partial charge on any atom is 0.275 e. The highest BCUT2D eigenvalue weighted by atomic mass is 32.1. The first-order valence-corrected chi connectivity index (χ1v) is 9.04. The molecule has 2 aromatic rings. The molecular weight excluding hydrogens is 328 g/mol. The van der Waals surface area contributed by atoms with E-state index in [9.17, 15) is 9.59 Å². The van der Waals surface area contributed by atoms with Crippen molar-refractivity contribution in [3.8, 4) is 0 Å². The molecule has 1 amide bonds. The molecule has 0 aromatic carbocycles. The largest absolute Gasteiger partial charge is 0.343 e. The molecule has 3 rings (SSSR count). The van der Waals surface area contributed by atoms with E-state index in [-0.39, 0.29) is 11.5 Å². The molecule has 24 heavy (non-hydrogen) atoms. The minimum Gasteiger partial charge on any atom is -0.343 e. The van der Waals surface area contributed by atoms with Gasteiger partial charge in [0.25, 0.3) is 5.56 Å². The average Bonchev–Trinajstić information content (AvgIpc) is 3.05. The average molecular weight is 350 g/mol. The molecule has 0 aliphatic carbocycles. The smallest absolute Gasteiger partial charge is 0.275 e. The van der Waals surface area contributed by atoms with Gasteiger partial charge in [0.05, 0.1) is 6.54 Å². The molecule has 0 unspecified atom stereocenters. The summed E-state index contributed by atoms with van der Waals surface area (Å²) in [5.74, 6) is 0.181. The Balaban J connectivity index is 1.63. The van der Waals surface area contributed by atoms with Gasteiger partial charge in [-0.05, 0) is 13.1 Å². The monoisotopic (exact) mass is 350 g/mol. The molecule has 0 radical (unpaired) electrons. The predicted molar refractivity (Wildman–Crippen MR) is 93.7 cm³/mol. The lowest BCUT2D eigenvalue weighted by Gasteiger charge is -2.35. The molecule has 8 nitrogen and oxygen atoms in total. The number of amides is 1. The molecule has 0 bridgehead atoms. The van der Waals surface area contributed by atoms with E-state index >= 15 is 0 Å². The molecule has 0 saturated carbocycles. The van der Waals surface area contributed by atoms with E-state index in [1.54, 1.807) is 0 Å². The van der Waals surface area contributed by atoms with Gasteiger partial charge in [0.15, 0.2) is 0 Å². The number of hydrogen-bond acceptors (Lipinski definition) is 7. The van der Waals surface area contributed by atoms with E-state index in [0.29, 0.717) is 24.6 Å². The van der Waals surface area contributed by atoms with E-state index in [0.717, 1.165) is 31.3 Å². The lowest BCUT2D eigenvalue weighted by Crippen LogP contribution is -2.51. The van der Waals surface area contributed by atoms with E-state index in [1.165, 1.54) is 28.1 Å². The van der Waals surface area contributed by atoms with Crippen LogP contribution < -0.4 is 10.5 Å². The van der Waals surface area contributed by atoms with Gasteiger partial charge in [0.2, 0.25) is 16.0 Å². The fourth-order valence-corrected chi connectivity index (χ4v) is 3.68. The first kappa shape index (κ1) is 16.8. The summed E-state index contributed by atoms with van der Waals surface area (Å²) >= 11 is 1.40. The van der Waals surface area contributed by atoms with Crippen LogP contribution in [0.25, 0.3) is 4.96 Å². The third-order valence-electron chi connectivity index (χ3n) is 4.32. The lowest BCUT2D eigenvalue weighted by atomic mass is 10.3. The number of carbonyl (C=O) groups excluding carboxylic acids is 1. The maximum atomic E-state index is 12.4. The Bertz CT molecular complexity index is 761. The van der Waals surface area contributed by atoms with Gasteiger partial charge in [-0.25, -0.2) is 4.98 Å². The number of nitrogens with zero attached hydrogens (tertiary/aromatic N) is 6. The van der Waals surface area contributed by atoms with Gasteiger partial charge in [-0.15, -0.1) is 5.10 Å². The molecule has 0 atom stereocenters. The van der Waals surface area contributed by atoms with Gasteiger partial charge in [-0.3, -0.25) is 14.5 Å². The van der Waals surface area contributed by atoms with Crippen LogP contribution in [0.1, 0.15) is 13.8 Å². The van der Waals surface area contributed by atoms with Gasteiger partial charge >= 0.3 is 0 Å². The topological polar surface area (TPSA) is 74.1 Å². The highest BCUT2D eigenvalue weighted by Crippen LogP contribution is 2.22. The van der Waals surface area contributed by atoms with E-state index in [4.69, 9.17) is 0 Å². The first-order valence-electron chi connectivity index (χ1n) is 8.22. The number of rotatable bonds is 5. The summed E-state index contributed by atoms with van der Waals surface area (Å²) in [5.41, 5.74) is -0.171. The molecule has 0 spiro atoms.